The zero-order chi connectivity index (χ0) is 14.7. The summed E-state index contributed by atoms with van der Waals surface area (Å²) >= 11 is 12.3. The lowest BCUT2D eigenvalue weighted by Crippen LogP contribution is -2.07. The molecule has 1 aromatic carbocycles. The largest absolute Gasteiger partial charge is 0.330 e. The van der Waals surface area contributed by atoms with Crippen molar-refractivity contribution in [1.29, 1.82) is 0 Å². The Balaban J connectivity index is 2.61. The van der Waals surface area contributed by atoms with E-state index in [9.17, 15) is 0 Å². The van der Waals surface area contributed by atoms with Crippen LogP contribution in [0.15, 0.2) is 18.2 Å². The molecule has 0 saturated carbocycles. The minimum atomic E-state index is 0.608. The highest BCUT2D eigenvalue weighted by Gasteiger charge is 2.17. The number of benzene rings is 1. The standard InChI is InChI=1S/C15H19Cl2N3/c1-3-13-11(7-8-18)14(4-2)20(19-13)15-6-5-10(16)9-12(15)17/h5-6,9H,3-4,7-8,18H2,1-2H3. The van der Waals surface area contributed by atoms with Gasteiger partial charge in [-0.05, 0) is 49.6 Å². The Morgan fingerprint density at radius 3 is 2.50 bits per heavy atom. The Hall–Kier alpha value is -1.03. The summed E-state index contributed by atoms with van der Waals surface area (Å²) in [4.78, 5) is 0. The Bertz CT molecular complexity index is 605. The van der Waals surface area contributed by atoms with E-state index in [-0.39, 0.29) is 0 Å². The predicted octanol–water partition coefficient (Wildman–Crippen LogP) is 3.81. The number of hydrogen-bond acceptors (Lipinski definition) is 2. The number of hydrogen-bond donors (Lipinski definition) is 1. The molecule has 2 N–H and O–H groups in total. The maximum Gasteiger partial charge on any atom is 0.0836 e. The molecule has 0 saturated heterocycles. The van der Waals surface area contributed by atoms with Gasteiger partial charge in [0.1, 0.15) is 0 Å². The fraction of sp³-hybridized carbons (Fsp3) is 0.400. The van der Waals surface area contributed by atoms with Gasteiger partial charge in [-0.3, -0.25) is 0 Å². The van der Waals surface area contributed by atoms with Crippen LogP contribution < -0.4 is 5.73 Å². The molecule has 3 nitrogen and oxygen atoms in total. The number of nitrogens with two attached hydrogens (primary N) is 1. The van der Waals surface area contributed by atoms with E-state index < -0.39 is 0 Å². The molecular formula is C15H19Cl2N3. The van der Waals surface area contributed by atoms with E-state index >= 15 is 0 Å². The topological polar surface area (TPSA) is 43.8 Å². The van der Waals surface area contributed by atoms with Crippen LogP contribution in [0.4, 0.5) is 0 Å². The molecular weight excluding hydrogens is 293 g/mol. The third-order valence-electron chi connectivity index (χ3n) is 3.38. The van der Waals surface area contributed by atoms with Crippen LogP contribution in [0, 0.1) is 0 Å². The first-order chi connectivity index (χ1) is 9.62. The highest BCUT2D eigenvalue weighted by Crippen LogP contribution is 2.27. The van der Waals surface area contributed by atoms with Gasteiger partial charge in [0.05, 0.1) is 16.4 Å². The first-order valence-corrected chi connectivity index (χ1v) is 7.63. The second kappa shape index (κ2) is 6.61. The van der Waals surface area contributed by atoms with Crippen molar-refractivity contribution in [3.8, 4) is 5.69 Å². The molecule has 0 radical (unpaired) electrons. The molecule has 0 bridgehead atoms. The first-order valence-electron chi connectivity index (χ1n) is 6.87. The van der Waals surface area contributed by atoms with Crippen LogP contribution >= 0.6 is 23.2 Å². The van der Waals surface area contributed by atoms with E-state index in [0.717, 1.165) is 30.6 Å². The van der Waals surface area contributed by atoms with E-state index in [1.54, 1.807) is 6.07 Å². The molecule has 0 fully saturated rings. The Morgan fingerprint density at radius 1 is 1.20 bits per heavy atom. The number of rotatable bonds is 5. The first kappa shape index (κ1) is 15.4. The van der Waals surface area contributed by atoms with Gasteiger partial charge in [0, 0.05) is 10.7 Å². The lowest BCUT2D eigenvalue weighted by molar-refractivity contribution is 0.792. The van der Waals surface area contributed by atoms with Crippen molar-refractivity contribution in [2.75, 3.05) is 6.54 Å². The minimum Gasteiger partial charge on any atom is -0.330 e. The summed E-state index contributed by atoms with van der Waals surface area (Å²) in [5.41, 5.74) is 10.1. The van der Waals surface area contributed by atoms with Gasteiger partial charge in [-0.25, -0.2) is 4.68 Å². The van der Waals surface area contributed by atoms with Gasteiger partial charge in [0.2, 0.25) is 0 Å². The average molecular weight is 312 g/mol. The van der Waals surface area contributed by atoms with Crippen molar-refractivity contribution in [2.24, 2.45) is 5.73 Å². The third kappa shape index (κ3) is 2.85. The molecule has 0 spiro atoms. The summed E-state index contributed by atoms with van der Waals surface area (Å²) in [7, 11) is 0. The molecule has 0 amide bonds. The molecule has 2 aromatic rings. The second-order valence-electron chi connectivity index (χ2n) is 4.63. The summed E-state index contributed by atoms with van der Waals surface area (Å²) in [6.45, 7) is 4.85. The molecule has 0 aliphatic heterocycles. The molecule has 20 heavy (non-hydrogen) atoms. The normalized spacial score (nSPS) is 11.1. The molecule has 0 aliphatic rings. The molecule has 2 rings (SSSR count). The number of aryl methyl sites for hydroxylation is 1. The molecule has 0 aliphatic carbocycles. The highest BCUT2D eigenvalue weighted by atomic mass is 35.5. The summed E-state index contributed by atoms with van der Waals surface area (Å²) < 4.78 is 1.93. The molecule has 1 aromatic heterocycles. The Kier molecular flexibility index (Phi) is 5.08. The molecule has 108 valence electrons. The molecule has 5 heteroatoms. The van der Waals surface area contributed by atoms with Gasteiger partial charge >= 0.3 is 0 Å². The van der Waals surface area contributed by atoms with Crippen LogP contribution in [0.25, 0.3) is 5.69 Å². The van der Waals surface area contributed by atoms with Crippen molar-refractivity contribution in [3.63, 3.8) is 0 Å². The van der Waals surface area contributed by atoms with E-state index in [1.165, 1.54) is 11.3 Å². The van der Waals surface area contributed by atoms with E-state index in [1.807, 2.05) is 16.8 Å². The summed E-state index contributed by atoms with van der Waals surface area (Å²) in [5, 5.41) is 5.95. The maximum absolute atomic E-state index is 6.30. The van der Waals surface area contributed by atoms with Crippen LogP contribution in [0.1, 0.15) is 30.8 Å². The third-order valence-corrected chi connectivity index (χ3v) is 3.91. The van der Waals surface area contributed by atoms with Crippen molar-refractivity contribution in [2.45, 2.75) is 33.1 Å². The van der Waals surface area contributed by atoms with E-state index in [4.69, 9.17) is 34.0 Å². The van der Waals surface area contributed by atoms with Gasteiger partial charge in [-0.15, -0.1) is 0 Å². The maximum atomic E-state index is 6.30. The summed E-state index contributed by atoms with van der Waals surface area (Å²) in [6, 6.07) is 5.48. The number of nitrogens with zero attached hydrogens (tertiary/aromatic N) is 2. The number of halogens is 2. The highest BCUT2D eigenvalue weighted by molar-refractivity contribution is 6.35. The van der Waals surface area contributed by atoms with Crippen molar-refractivity contribution >= 4 is 23.2 Å². The van der Waals surface area contributed by atoms with Crippen LogP contribution in [-0.4, -0.2) is 16.3 Å². The lowest BCUT2D eigenvalue weighted by atomic mass is 10.1. The smallest absolute Gasteiger partial charge is 0.0836 e. The monoisotopic (exact) mass is 311 g/mol. The second-order valence-corrected chi connectivity index (χ2v) is 5.47. The Labute approximate surface area is 129 Å². The molecule has 0 unspecified atom stereocenters. The molecule has 1 heterocycles. The van der Waals surface area contributed by atoms with E-state index in [0.29, 0.717) is 16.6 Å². The molecule has 0 atom stereocenters. The van der Waals surface area contributed by atoms with Crippen molar-refractivity contribution in [3.05, 3.63) is 45.2 Å². The van der Waals surface area contributed by atoms with Crippen LogP contribution in [-0.2, 0) is 19.3 Å². The fourth-order valence-corrected chi connectivity index (χ4v) is 2.96. The zero-order valence-corrected chi connectivity index (χ0v) is 13.3. The van der Waals surface area contributed by atoms with Gasteiger partial charge in [0.25, 0.3) is 0 Å². The van der Waals surface area contributed by atoms with Gasteiger partial charge in [-0.2, -0.15) is 5.10 Å². The SMILES string of the molecule is CCc1nn(-c2ccc(Cl)cc2Cl)c(CC)c1CCN. The predicted molar refractivity (Wildman–Crippen MR) is 85.1 cm³/mol. The summed E-state index contributed by atoms with van der Waals surface area (Å²) in [6.07, 6.45) is 2.62. The van der Waals surface area contributed by atoms with Gasteiger partial charge in [-0.1, -0.05) is 37.0 Å². The van der Waals surface area contributed by atoms with Crippen LogP contribution in [0.3, 0.4) is 0 Å². The van der Waals surface area contributed by atoms with Crippen LogP contribution in [0.5, 0.6) is 0 Å². The fourth-order valence-electron chi connectivity index (χ4n) is 2.47. The Morgan fingerprint density at radius 2 is 1.95 bits per heavy atom. The van der Waals surface area contributed by atoms with Crippen molar-refractivity contribution in [1.82, 2.24) is 9.78 Å². The minimum absolute atomic E-state index is 0.608. The van der Waals surface area contributed by atoms with Gasteiger partial charge < -0.3 is 5.73 Å². The number of aromatic nitrogens is 2. The quantitative estimate of drug-likeness (QED) is 0.912. The lowest BCUT2D eigenvalue weighted by Gasteiger charge is -2.09. The van der Waals surface area contributed by atoms with E-state index in [2.05, 4.69) is 13.8 Å². The zero-order valence-electron chi connectivity index (χ0n) is 11.8. The summed E-state index contributed by atoms with van der Waals surface area (Å²) in [5.74, 6) is 0. The van der Waals surface area contributed by atoms with Gasteiger partial charge in [0.15, 0.2) is 0 Å². The van der Waals surface area contributed by atoms with Crippen molar-refractivity contribution < 1.29 is 0 Å². The van der Waals surface area contributed by atoms with Crippen LogP contribution in [0.2, 0.25) is 10.0 Å². The average Bonchev–Trinajstić information content (AvgIpc) is 2.77.